The van der Waals surface area contributed by atoms with Crippen molar-refractivity contribution in [3.05, 3.63) is 18.3 Å². The van der Waals surface area contributed by atoms with Gasteiger partial charge in [0.15, 0.2) is 0 Å². The molecule has 3 heterocycles. The SMILES string of the molecule is CC1CN(c2ccc(S(=O)(=O)N3CCCC3)cn2)CCO1. The van der Waals surface area contributed by atoms with E-state index >= 15 is 0 Å². The summed E-state index contributed by atoms with van der Waals surface area (Å²) in [6.07, 6.45) is 3.53. The number of pyridine rings is 1. The van der Waals surface area contributed by atoms with Crippen LogP contribution in [0, 0.1) is 0 Å². The number of hydrogen-bond donors (Lipinski definition) is 0. The standard InChI is InChI=1S/C14H21N3O3S/c1-12-11-16(8-9-20-12)14-5-4-13(10-15-14)21(18,19)17-6-2-3-7-17/h4-5,10,12H,2-3,6-9,11H2,1H3. The maximum absolute atomic E-state index is 12.4. The summed E-state index contributed by atoms with van der Waals surface area (Å²) in [7, 11) is -3.37. The number of sulfonamides is 1. The zero-order chi connectivity index (χ0) is 14.9. The lowest BCUT2D eigenvalue weighted by Gasteiger charge is -2.32. The van der Waals surface area contributed by atoms with Gasteiger partial charge in [-0.3, -0.25) is 0 Å². The fourth-order valence-corrected chi connectivity index (χ4v) is 4.28. The molecule has 1 aromatic rings. The van der Waals surface area contributed by atoms with Gasteiger partial charge in [-0.25, -0.2) is 13.4 Å². The van der Waals surface area contributed by atoms with E-state index in [-0.39, 0.29) is 11.0 Å². The zero-order valence-corrected chi connectivity index (χ0v) is 13.1. The molecule has 0 aliphatic carbocycles. The maximum Gasteiger partial charge on any atom is 0.244 e. The Hall–Kier alpha value is -1.18. The van der Waals surface area contributed by atoms with Crippen LogP contribution in [0.15, 0.2) is 23.2 Å². The van der Waals surface area contributed by atoms with Crippen LogP contribution in [0.3, 0.4) is 0 Å². The van der Waals surface area contributed by atoms with Gasteiger partial charge in [0.25, 0.3) is 0 Å². The van der Waals surface area contributed by atoms with E-state index in [1.165, 1.54) is 6.20 Å². The third kappa shape index (κ3) is 3.04. The molecule has 21 heavy (non-hydrogen) atoms. The van der Waals surface area contributed by atoms with Crippen LogP contribution in [0.2, 0.25) is 0 Å². The second-order valence-corrected chi connectivity index (χ2v) is 7.53. The maximum atomic E-state index is 12.4. The van der Waals surface area contributed by atoms with Gasteiger partial charge in [0.05, 0.1) is 12.7 Å². The third-order valence-electron chi connectivity index (χ3n) is 3.99. The first-order valence-corrected chi connectivity index (χ1v) is 8.84. The Morgan fingerprint density at radius 2 is 2.00 bits per heavy atom. The lowest BCUT2D eigenvalue weighted by molar-refractivity contribution is 0.0529. The molecule has 0 saturated carbocycles. The summed E-state index contributed by atoms with van der Waals surface area (Å²) in [4.78, 5) is 6.75. The number of nitrogens with zero attached hydrogens (tertiary/aromatic N) is 3. The molecule has 0 radical (unpaired) electrons. The van der Waals surface area contributed by atoms with Gasteiger partial charge < -0.3 is 9.64 Å². The molecule has 1 aromatic heterocycles. The first-order chi connectivity index (χ1) is 10.1. The summed E-state index contributed by atoms with van der Waals surface area (Å²) in [6, 6.07) is 3.46. The van der Waals surface area contributed by atoms with Crippen LogP contribution < -0.4 is 4.90 Å². The second kappa shape index (κ2) is 5.90. The number of morpholine rings is 1. The van der Waals surface area contributed by atoms with Crippen LogP contribution in [0.5, 0.6) is 0 Å². The van der Waals surface area contributed by atoms with Gasteiger partial charge in [-0.1, -0.05) is 0 Å². The van der Waals surface area contributed by atoms with E-state index in [1.807, 2.05) is 6.92 Å². The van der Waals surface area contributed by atoms with Crippen molar-refractivity contribution in [1.29, 1.82) is 0 Å². The number of rotatable bonds is 3. The van der Waals surface area contributed by atoms with Crippen molar-refractivity contribution in [2.24, 2.45) is 0 Å². The van der Waals surface area contributed by atoms with Crippen LogP contribution in [0.25, 0.3) is 0 Å². The van der Waals surface area contributed by atoms with E-state index in [0.29, 0.717) is 19.7 Å². The third-order valence-corrected chi connectivity index (χ3v) is 5.87. The summed E-state index contributed by atoms with van der Waals surface area (Å²) in [6.45, 7) is 5.51. The van der Waals surface area contributed by atoms with Gasteiger partial charge in [-0.2, -0.15) is 4.31 Å². The van der Waals surface area contributed by atoms with Crippen molar-refractivity contribution in [3.8, 4) is 0 Å². The molecular weight excluding hydrogens is 290 g/mol. The number of hydrogen-bond acceptors (Lipinski definition) is 5. The van der Waals surface area contributed by atoms with Gasteiger partial charge in [0, 0.05) is 32.4 Å². The van der Waals surface area contributed by atoms with Gasteiger partial charge in [-0.15, -0.1) is 0 Å². The Bertz CT molecular complexity index is 582. The average molecular weight is 311 g/mol. The highest BCUT2D eigenvalue weighted by Crippen LogP contribution is 2.22. The molecule has 116 valence electrons. The largest absolute Gasteiger partial charge is 0.375 e. The molecule has 2 saturated heterocycles. The Balaban J connectivity index is 1.77. The molecule has 0 aromatic carbocycles. The first kappa shape index (κ1) is 14.7. The molecule has 0 spiro atoms. The molecule has 0 amide bonds. The van der Waals surface area contributed by atoms with E-state index in [1.54, 1.807) is 16.4 Å². The fourth-order valence-electron chi connectivity index (χ4n) is 2.82. The monoisotopic (exact) mass is 311 g/mol. The lowest BCUT2D eigenvalue weighted by atomic mass is 10.3. The minimum Gasteiger partial charge on any atom is -0.375 e. The van der Waals surface area contributed by atoms with Gasteiger partial charge in [-0.05, 0) is 31.9 Å². The number of ether oxygens (including phenoxy) is 1. The van der Waals surface area contributed by atoms with Crippen molar-refractivity contribution in [3.63, 3.8) is 0 Å². The Morgan fingerprint density at radius 3 is 2.62 bits per heavy atom. The normalized spacial score (nSPS) is 24.4. The minimum atomic E-state index is -3.37. The van der Waals surface area contributed by atoms with Crippen molar-refractivity contribution in [2.45, 2.75) is 30.8 Å². The van der Waals surface area contributed by atoms with Crippen molar-refractivity contribution in [1.82, 2.24) is 9.29 Å². The molecule has 0 bridgehead atoms. The number of anilines is 1. The molecule has 6 nitrogen and oxygen atoms in total. The molecular formula is C14H21N3O3S. The lowest BCUT2D eigenvalue weighted by Crippen LogP contribution is -2.41. The predicted molar refractivity (Wildman–Crippen MR) is 79.9 cm³/mol. The molecule has 1 unspecified atom stereocenters. The van der Waals surface area contributed by atoms with Crippen LogP contribution >= 0.6 is 0 Å². The van der Waals surface area contributed by atoms with E-state index < -0.39 is 10.0 Å². The molecule has 2 aliphatic heterocycles. The molecule has 2 fully saturated rings. The highest BCUT2D eigenvalue weighted by Gasteiger charge is 2.27. The highest BCUT2D eigenvalue weighted by molar-refractivity contribution is 7.89. The summed E-state index contributed by atoms with van der Waals surface area (Å²) < 4.78 is 31.9. The first-order valence-electron chi connectivity index (χ1n) is 7.40. The van der Waals surface area contributed by atoms with Gasteiger partial charge in [0.2, 0.25) is 10.0 Å². The Morgan fingerprint density at radius 1 is 1.24 bits per heavy atom. The van der Waals surface area contributed by atoms with Crippen molar-refractivity contribution >= 4 is 15.8 Å². The Labute approximate surface area is 125 Å². The predicted octanol–water partition coefficient (Wildman–Crippen LogP) is 1.09. The van der Waals surface area contributed by atoms with Crippen LogP contribution in [-0.4, -0.2) is 56.6 Å². The Kier molecular flexibility index (Phi) is 4.14. The van der Waals surface area contributed by atoms with Crippen LogP contribution in [0.4, 0.5) is 5.82 Å². The summed E-state index contributed by atoms with van der Waals surface area (Å²) >= 11 is 0. The van der Waals surface area contributed by atoms with Gasteiger partial charge >= 0.3 is 0 Å². The summed E-state index contributed by atoms with van der Waals surface area (Å²) in [5.41, 5.74) is 0. The topological polar surface area (TPSA) is 62.7 Å². The quantitative estimate of drug-likeness (QED) is 0.836. The molecule has 7 heteroatoms. The molecule has 2 aliphatic rings. The minimum absolute atomic E-state index is 0.175. The van der Waals surface area contributed by atoms with E-state index in [2.05, 4.69) is 9.88 Å². The van der Waals surface area contributed by atoms with E-state index in [0.717, 1.165) is 31.7 Å². The van der Waals surface area contributed by atoms with Crippen molar-refractivity contribution < 1.29 is 13.2 Å². The van der Waals surface area contributed by atoms with Gasteiger partial charge in [0.1, 0.15) is 10.7 Å². The fraction of sp³-hybridized carbons (Fsp3) is 0.643. The van der Waals surface area contributed by atoms with Crippen LogP contribution in [0.1, 0.15) is 19.8 Å². The summed E-state index contributed by atoms with van der Waals surface area (Å²) in [5.74, 6) is 0.811. The molecule has 1 atom stereocenters. The zero-order valence-electron chi connectivity index (χ0n) is 12.2. The van der Waals surface area contributed by atoms with E-state index in [9.17, 15) is 8.42 Å². The van der Waals surface area contributed by atoms with Crippen LogP contribution in [-0.2, 0) is 14.8 Å². The van der Waals surface area contributed by atoms with E-state index in [4.69, 9.17) is 4.74 Å². The average Bonchev–Trinajstić information content (AvgIpc) is 3.02. The molecule has 0 N–H and O–H groups in total. The highest BCUT2D eigenvalue weighted by atomic mass is 32.2. The summed E-state index contributed by atoms with van der Waals surface area (Å²) in [5, 5.41) is 0. The molecule has 3 rings (SSSR count). The smallest absolute Gasteiger partial charge is 0.244 e. The van der Waals surface area contributed by atoms with Crippen molar-refractivity contribution in [2.75, 3.05) is 37.7 Å². The second-order valence-electron chi connectivity index (χ2n) is 5.59. The number of aromatic nitrogens is 1.